The minimum Gasteiger partial charge on any atom is -0.497 e. The molecule has 1 N–H and O–H groups in total. The fraction of sp³-hybridized carbons (Fsp3) is 0.417. The molecule has 0 saturated heterocycles. The zero-order chi connectivity index (χ0) is 23.1. The number of amides is 2. The number of ether oxygens (including phenoxy) is 2. The number of rotatable bonds is 9. The molecule has 2 aromatic rings. The number of nitrogens with zero attached hydrogens (tertiary/aromatic N) is 1. The van der Waals surface area contributed by atoms with Crippen LogP contribution >= 0.6 is 27.5 Å². The normalized spacial score (nSPS) is 14.6. The molecule has 172 valence electrons. The van der Waals surface area contributed by atoms with Gasteiger partial charge in [-0.05, 0) is 55.7 Å². The molecule has 0 bridgehead atoms. The third-order valence-corrected chi connectivity index (χ3v) is 6.41. The molecule has 1 unspecified atom stereocenters. The van der Waals surface area contributed by atoms with Gasteiger partial charge in [-0.1, -0.05) is 52.5 Å². The highest BCUT2D eigenvalue weighted by molar-refractivity contribution is 9.10. The van der Waals surface area contributed by atoms with Gasteiger partial charge in [0.05, 0.1) is 12.1 Å². The Hall–Kier alpha value is -2.25. The average Bonchev–Trinajstić information content (AvgIpc) is 3.29. The first-order valence-electron chi connectivity index (χ1n) is 10.7. The van der Waals surface area contributed by atoms with Gasteiger partial charge in [-0.2, -0.15) is 0 Å². The minimum absolute atomic E-state index is 0.152. The summed E-state index contributed by atoms with van der Waals surface area (Å²) in [5.74, 6) is 0.692. The number of benzene rings is 2. The van der Waals surface area contributed by atoms with Crippen LogP contribution in [0, 0.1) is 0 Å². The van der Waals surface area contributed by atoms with Gasteiger partial charge in [-0.15, -0.1) is 0 Å². The van der Waals surface area contributed by atoms with Crippen LogP contribution in [0.1, 0.15) is 38.2 Å². The Morgan fingerprint density at radius 1 is 1.19 bits per heavy atom. The number of hydrogen-bond acceptors (Lipinski definition) is 4. The summed E-state index contributed by atoms with van der Waals surface area (Å²) in [6, 6.07) is 12.2. The maximum Gasteiger partial charge on any atom is 0.261 e. The lowest BCUT2D eigenvalue weighted by atomic mass is 10.1. The molecule has 2 amide bonds. The molecule has 0 radical (unpaired) electrons. The van der Waals surface area contributed by atoms with Gasteiger partial charge in [0.2, 0.25) is 5.91 Å². The Bertz CT molecular complexity index is 932. The molecule has 6 nitrogen and oxygen atoms in total. The molecule has 1 aliphatic rings. The van der Waals surface area contributed by atoms with Gasteiger partial charge < -0.3 is 19.7 Å². The van der Waals surface area contributed by atoms with Crippen molar-refractivity contribution in [3.05, 3.63) is 57.5 Å². The summed E-state index contributed by atoms with van der Waals surface area (Å²) in [4.78, 5) is 27.6. The quantitative estimate of drug-likeness (QED) is 0.504. The number of carbonyl (C=O) groups excluding carboxylic acids is 2. The number of methoxy groups -OCH3 is 1. The highest BCUT2D eigenvalue weighted by Crippen LogP contribution is 2.28. The molecular formula is C24H28BrClN2O4. The van der Waals surface area contributed by atoms with Crippen molar-refractivity contribution in [3.63, 3.8) is 0 Å². The Kier molecular flexibility index (Phi) is 8.82. The van der Waals surface area contributed by atoms with E-state index in [9.17, 15) is 9.59 Å². The van der Waals surface area contributed by atoms with Crippen molar-refractivity contribution in [1.29, 1.82) is 0 Å². The summed E-state index contributed by atoms with van der Waals surface area (Å²) in [5, 5.41) is 3.49. The van der Waals surface area contributed by atoms with Gasteiger partial charge in [0.25, 0.3) is 5.91 Å². The molecule has 1 fully saturated rings. The van der Waals surface area contributed by atoms with Crippen molar-refractivity contribution in [2.45, 2.75) is 51.2 Å². The van der Waals surface area contributed by atoms with E-state index in [1.807, 2.05) is 24.3 Å². The monoisotopic (exact) mass is 522 g/mol. The van der Waals surface area contributed by atoms with E-state index in [0.717, 1.165) is 41.5 Å². The minimum atomic E-state index is -0.644. The molecule has 32 heavy (non-hydrogen) atoms. The summed E-state index contributed by atoms with van der Waals surface area (Å²) in [6.45, 7) is 1.80. The van der Waals surface area contributed by atoms with Crippen LogP contribution in [0.25, 0.3) is 0 Å². The lowest BCUT2D eigenvalue weighted by Crippen LogP contribution is -2.50. The molecule has 1 aliphatic carbocycles. The number of halogens is 2. The Balaban J connectivity index is 1.72. The predicted molar refractivity (Wildman–Crippen MR) is 128 cm³/mol. The zero-order valence-corrected chi connectivity index (χ0v) is 20.6. The first-order chi connectivity index (χ1) is 15.4. The van der Waals surface area contributed by atoms with Gasteiger partial charge in [-0.3, -0.25) is 9.59 Å². The lowest BCUT2D eigenvalue weighted by Gasteiger charge is -2.29. The van der Waals surface area contributed by atoms with Gasteiger partial charge >= 0.3 is 0 Å². The van der Waals surface area contributed by atoms with Crippen LogP contribution < -0.4 is 14.8 Å². The van der Waals surface area contributed by atoms with Crippen molar-refractivity contribution < 1.29 is 19.1 Å². The van der Waals surface area contributed by atoms with E-state index in [0.29, 0.717) is 10.8 Å². The second-order valence-electron chi connectivity index (χ2n) is 7.90. The van der Waals surface area contributed by atoms with Crippen LogP contribution in [-0.2, 0) is 16.1 Å². The first kappa shape index (κ1) is 24.4. The molecule has 1 saturated carbocycles. The molecular weight excluding hydrogens is 496 g/mol. The first-order valence-corrected chi connectivity index (χ1v) is 11.8. The van der Waals surface area contributed by atoms with Crippen molar-refractivity contribution in [2.75, 3.05) is 13.7 Å². The van der Waals surface area contributed by atoms with Crippen LogP contribution in [0.15, 0.2) is 46.9 Å². The van der Waals surface area contributed by atoms with Gasteiger partial charge in [0.1, 0.15) is 17.5 Å². The van der Waals surface area contributed by atoms with Crippen molar-refractivity contribution >= 4 is 39.3 Å². The largest absolute Gasteiger partial charge is 0.497 e. The highest BCUT2D eigenvalue weighted by atomic mass is 79.9. The fourth-order valence-electron chi connectivity index (χ4n) is 3.72. The molecule has 0 spiro atoms. The maximum atomic E-state index is 13.1. The standard InChI is InChI=1S/C24H28BrClN2O4/c1-16(24(30)27-19-5-3-4-6-19)28(14-17-7-10-20(31-2)11-8-17)23(29)15-32-22-12-9-18(25)13-21(22)26/h7-13,16,19H,3-6,14-15H2,1-2H3,(H,27,30). The van der Waals surface area contributed by atoms with E-state index in [1.54, 1.807) is 37.1 Å². The van der Waals surface area contributed by atoms with Gasteiger partial charge in [-0.25, -0.2) is 0 Å². The summed E-state index contributed by atoms with van der Waals surface area (Å²) >= 11 is 9.55. The van der Waals surface area contributed by atoms with E-state index >= 15 is 0 Å². The Morgan fingerprint density at radius 3 is 2.50 bits per heavy atom. The molecule has 0 aliphatic heterocycles. The van der Waals surface area contributed by atoms with E-state index in [4.69, 9.17) is 21.1 Å². The Labute approximate surface area is 202 Å². The van der Waals surface area contributed by atoms with Crippen molar-refractivity contribution in [3.8, 4) is 11.5 Å². The topological polar surface area (TPSA) is 67.9 Å². The fourth-order valence-corrected chi connectivity index (χ4v) is 4.44. The lowest BCUT2D eigenvalue weighted by molar-refractivity contribution is -0.142. The third-order valence-electron chi connectivity index (χ3n) is 5.63. The second-order valence-corrected chi connectivity index (χ2v) is 9.22. The Morgan fingerprint density at radius 2 is 1.88 bits per heavy atom. The van der Waals surface area contributed by atoms with E-state index in [-0.39, 0.29) is 31.0 Å². The van der Waals surface area contributed by atoms with Crippen molar-refractivity contribution in [2.24, 2.45) is 0 Å². The van der Waals surface area contributed by atoms with E-state index in [1.165, 1.54) is 0 Å². The molecule has 8 heteroatoms. The van der Waals surface area contributed by atoms with Crippen molar-refractivity contribution in [1.82, 2.24) is 10.2 Å². The average molecular weight is 524 g/mol. The predicted octanol–water partition coefficient (Wildman–Crippen LogP) is 4.97. The second kappa shape index (κ2) is 11.6. The summed E-state index contributed by atoms with van der Waals surface area (Å²) < 4.78 is 11.7. The smallest absolute Gasteiger partial charge is 0.261 e. The van der Waals surface area contributed by atoms with Gasteiger partial charge in [0, 0.05) is 17.1 Å². The third kappa shape index (κ3) is 6.62. The van der Waals surface area contributed by atoms with Gasteiger partial charge in [0.15, 0.2) is 6.61 Å². The molecule has 0 aromatic heterocycles. The molecule has 0 heterocycles. The highest BCUT2D eigenvalue weighted by Gasteiger charge is 2.28. The van der Waals surface area contributed by atoms with Crippen LogP contribution in [0.4, 0.5) is 0 Å². The SMILES string of the molecule is COc1ccc(CN(C(=O)COc2ccc(Br)cc2Cl)C(C)C(=O)NC2CCCC2)cc1. The van der Waals surface area contributed by atoms with Crippen LogP contribution in [-0.4, -0.2) is 42.5 Å². The number of nitrogens with one attached hydrogen (secondary N) is 1. The number of hydrogen-bond donors (Lipinski definition) is 1. The summed E-state index contributed by atoms with van der Waals surface area (Å²) in [6.07, 6.45) is 4.21. The maximum absolute atomic E-state index is 13.1. The van der Waals surface area contributed by atoms with Crippen LogP contribution in [0.5, 0.6) is 11.5 Å². The number of carbonyl (C=O) groups is 2. The summed E-state index contributed by atoms with van der Waals surface area (Å²) in [7, 11) is 1.60. The molecule has 3 rings (SSSR count). The molecule has 1 atom stereocenters. The molecule has 2 aromatic carbocycles. The van der Waals surface area contributed by atoms with E-state index < -0.39 is 6.04 Å². The van der Waals surface area contributed by atoms with Crippen LogP contribution in [0.3, 0.4) is 0 Å². The van der Waals surface area contributed by atoms with Crippen LogP contribution in [0.2, 0.25) is 5.02 Å². The zero-order valence-electron chi connectivity index (χ0n) is 18.3. The van der Waals surface area contributed by atoms with E-state index in [2.05, 4.69) is 21.2 Å². The summed E-state index contributed by atoms with van der Waals surface area (Å²) in [5.41, 5.74) is 0.890.